The molecule has 1 aliphatic rings. The van der Waals surface area contributed by atoms with E-state index in [9.17, 15) is 18.0 Å². The third kappa shape index (κ3) is 8.13. The Morgan fingerprint density at radius 1 is 0.878 bits per heavy atom. The van der Waals surface area contributed by atoms with Gasteiger partial charge in [-0.05, 0) is 61.4 Å². The molecule has 0 aliphatic carbocycles. The highest BCUT2D eigenvalue weighted by Crippen LogP contribution is 2.34. The second kappa shape index (κ2) is 13.0. The van der Waals surface area contributed by atoms with Crippen molar-refractivity contribution in [3.8, 4) is 0 Å². The Kier molecular flexibility index (Phi) is 9.85. The van der Waals surface area contributed by atoms with Gasteiger partial charge in [-0.1, -0.05) is 86.6 Å². The van der Waals surface area contributed by atoms with Crippen LogP contribution in [0.25, 0.3) is 10.8 Å². The summed E-state index contributed by atoms with van der Waals surface area (Å²) in [5.74, 6) is -0.982. The van der Waals surface area contributed by atoms with Crippen LogP contribution in [0.2, 0.25) is 0 Å². The van der Waals surface area contributed by atoms with Crippen LogP contribution >= 0.6 is 11.8 Å². The summed E-state index contributed by atoms with van der Waals surface area (Å²) in [7, 11) is -3.61. The molecule has 2 N–H and O–H groups in total. The quantitative estimate of drug-likeness (QED) is 0.282. The van der Waals surface area contributed by atoms with Crippen molar-refractivity contribution in [2.24, 2.45) is 11.8 Å². The SMILES string of the molecule is CC(C)[C@H](NC(=O)[C@H](Cc1cccc2ccccc12)CS(=O)(=O)C(C)(C)C)C(=O)N[C@@H](Cc1ccccc1)C1CS1. The normalized spacial score (nSPS) is 17.6. The maximum atomic E-state index is 13.9. The van der Waals surface area contributed by atoms with Gasteiger partial charge in [-0.25, -0.2) is 8.42 Å². The van der Waals surface area contributed by atoms with E-state index in [4.69, 9.17) is 0 Å². The minimum atomic E-state index is -3.61. The number of rotatable bonds is 12. The summed E-state index contributed by atoms with van der Waals surface area (Å²) in [6.45, 7) is 8.76. The lowest BCUT2D eigenvalue weighted by Gasteiger charge is -2.28. The van der Waals surface area contributed by atoms with Crippen LogP contribution in [-0.2, 0) is 32.3 Å². The number of hydrogen-bond acceptors (Lipinski definition) is 5. The maximum Gasteiger partial charge on any atom is 0.243 e. The number of amides is 2. The molecule has 1 aliphatic heterocycles. The molecule has 1 unspecified atom stereocenters. The van der Waals surface area contributed by atoms with E-state index in [0.717, 1.165) is 34.1 Å². The van der Waals surface area contributed by atoms with Gasteiger partial charge < -0.3 is 10.6 Å². The Hall–Kier alpha value is -2.84. The molecule has 1 saturated heterocycles. The molecule has 0 bridgehead atoms. The molecule has 0 spiro atoms. The summed E-state index contributed by atoms with van der Waals surface area (Å²) in [5, 5.41) is 8.54. The number of nitrogens with one attached hydrogen (secondary N) is 2. The summed E-state index contributed by atoms with van der Waals surface area (Å²) < 4.78 is 25.6. The van der Waals surface area contributed by atoms with E-state index in [1.54, 1.807) is 20.8 Å². The van der Waals surface area contributed by atoms with Crippen LogP contribution in [0, 0.1) is 11.8 Å². The zero-order valence-electron chi connectivity index (χ0n) is 24.6. The number of hydrogen-bond donors (Lipinski definition) is 2. The van der Waals surface area contributed by atoms with Gasteiger partial charge in [-0.2, -0.15) is 11.8 Å². The van der Waals surface area contributed by atoms with Crippen LogP contribution < -0.4 is 10.6 Å². The first kappa shape index (κ1) is 31.1. The van der Waals surface area contributed by atoms with Gasteiger partial charge in [0, 0.05) is 17.0 Å². The van der Waals surface area contributed by atoms with Crippen LogP contribution in [0.4, 0.5) is 0 Å². The van der Waals surface area contributed by atoms with Crippen LogP contribution in [-0.4, -0.2) is 53.8 Å². The lowest BCUT2D eigenvalue weighted by Crippen LogP contribution is -2.55. The zero-order chi connectivity index (χ0) is 29.8. The molecule has 0 saturated carbocycles. The number of carbonyl (C=O) groups excluding carboxylic acids is 2. The van der Waals surface area contributed by atoms with Gasteiger partial charge >= 0.3 is 0 Å². The number of thioether (sulfide) groups is 1. The van der Waals surface area contributed by atoms with Crippen molar-refractivity contribution in [1.82, 2.24) is 10.6 Å². The van der Waals surface area contributed by atoms with E-state index < -0.39 is 32.5 Å². The van der Waals surface area contributed by atoms with E-state index in [0.29, 0.717) is 5.25 Å². The topological polar surface area (TPSA) is 92.3 Å². The summed E-state index contributed by atoms with van der Waals surface area (Å²) in [6, 6.07) is 23.0. The van der Waals surface area contributed by atoms with Crippen molar-refractivity contribution in [1.29, 1.82) is 0 Å². The molecule has 0 radical (unpaired) electrons. The van der Waals surface area contributed by atoms with E-state index in [1.807, 2.05) is 86.3 Å². The van der Waals surface area contributed by atoms with Gasteiger partial charge in [-0.3, -0.25) is 9.59 Å². The third-order valence-electron chi connectivity index (χ3n) is 7.75. The molecule has 0 aromatic heterocycles. The Morgan fingerprint density at radius 2 is 1.51 bits per heavy atom. The maximum absolute atomic E-state index is 13.9. The van der Waals surface area contributed by atoms with E-state index in [2.05, 4.69) is 22.8 Å². The summed E-state index contributed by atoms with van der Waals surface area (Å²) in [6.07, 6.45) is 0.973. The van der Waals surface area contributed by atoms with Crippen molar-refractivity contribution >= 4 is 44.2 Å². The van der Waals surface area contributed by atoms with Crippen LogP contribution in [0.1, 0.15) is 45.7 Å². The molecule has 1 heterocycles. The fraction of sp³-hybridized carbons (Fsp3) is 0.455. The Bertz CT molecular complexity index is 1460. The van der Waals surface area contributed by atoms with Crippen LogP contribution in [0.5, 0.6) is 0 Å². The molecule has 1 fully saturated rings. The molecule has 6 nitrogen and oxygen atoms in total. The van der Waals surface area contributed by atoms with E-state index in [-0.39, 0.29) is 30.0 Å². The highest BCUT2D eigenvalue weighted by molar-refractivity contribution is 8.07. The van der Waals surface area contributed by atoms with E-state index >= 15 is 0 Å². The van der Waals surface area contributed by atoms with Crippen molar-refractivity contribution < 1.29 is 18.0 Å². The van der Waals surface area contributed by atoms with Crippen molar-refractivity contribution in [2.75, 3.05) is 11.5 Å². The Labute approximate surface area is 249 Å². The monoisotopic (exact) mass is 594 g/mol. The summed E-state index contributed by atoms with van der Waals surface area (Å²) in [4.78, 5) is 27.5. The predicted molar refractivity (Wildman–Crippen MR) is 170 cm³/mol. The summed E-state index contributed by atoms with van der Waals surface area (Å²) in [5.41, 5.74) is 2.06. The third-order valence-corrected chi connectivity index (χ3v) is 11.5. The molecule has 8 heteroatoms. The van der Waals surface area contributed by atoms with Gasteiger partial charge in [0.1, 0.15) is 6.04 Å². The van der Waals surface area contributed by atoms with Crippen LogP contribution in [0.15, 0.2) is 72.8 Å². The first-order valence-corrected chi connectivity index (χ1v) is 17.0. The van der Waals surface area contributed by atoms with Crippen molar-refractivity contribution in [3.05, 3.63) is 83.9 Å². The fourth-order valence-electron chi connectivity index (χ4n) is 4.99. The Balaban J connectivity index is 1.56. The molecule has 4 atom stereocenters. The zero-order valence-corrected chi connectivity index (χ0v) is 26.2. The molecule has 3 aromatic carbocycles. The minimum Gasteiger partial charge on any atom is -0.350 e. The van der Waals surface area contributed by atoms with Gasteiger partial charge in [0.05, 0.1) is 16.4 Å². The first-order chi connectivity index (χ1) is 19.4. The molecule has 41 heavy (non-hydrogen) atoms. The molecular formula is C33H42N2O4S2. The van der Waals surface area contributed by atoms with Gasteiger partial charge in [-0.15, -0.1) is 0 Å². The van der Waals surface area contributed by atoms with Gasteiger partial charge in [0.2, 0.25) is 11.8 Å². The highest BCUT2D eigenvalue weighted by atomic mass is 32.2. The molecule has 220 valence electrons. The lowest BCUT2D eigenvalue weighted by atomic mass is 9.94. The average molecular weight is 595 g/mol. The smallest absolute Gasteiger partial charge is 0.243 e. The van der Waals surface area contributed by atoms with E-state index in [1.165, 1.54) is 0 Å². The predicted octanol–water partition coefficient (Wildman–Crippen LogP) is 5.20. The minimum absolute atomic E-state index is 0.0409. The highest BCUT2D eigenvalue weighted by Gasteiger charge is 2.38. The van der Waals surface area contributed by atoms with Crippen molar-refractivity contribution in [2.45, 2.75) is 69.5 Å². The molecule has 2 amide bonds. The van der Waals surface area contributed by atoms with Gasteiger partial charge in [0.25, 0.3) is 0 Å². The Morgan fingerprint density at radius 3 is 2.15 bits per heavy atom. The number of fused-ring (bicyclic) bond motifs is 1. The number of carbonyl (C=O) groups is 2. The molecular weight excluding hydrogens is 553 g/mol. The fourth-order valence-corrected chi connectivity index (χ4v) is 7.03. The number of benzene rings is 3. The second-order valence-electron chi connectivity index (χ2n) is 12.3. The number of sulfone groups is 1. The average Bonchev–Trinajstić information content (AvgIpc) is 3.76. The van der Waals surface area contributed by atoms with Crippen molar-refractivity contribution in [3.63, 3.8) is 0 Å². The second-order valence-corrected chi connectivity index (χ2v) is 16.4. The molecule has 4 rings (SSSR count). The van der Waals surface area contributed by atoms with Crippen LogP contribution in [0.3, 0.4) is 0 Å². The standard InChI is InChI=1S/C33H42N2O4S2/c1-22(2)30(32(37)34-28(29-20-40-29)18-23-12-7-6-8-13-23)35-31(36)26(21-41(38,39)33(3,4)5)19-25-16-11-15-24-14-9-10-17-27(24)25/h6-17,22,26,28-30H,18-21H2,1-5H3,(H,34,37)(H,35,36)/t26-,28+,29?,30+/m1/s1. The summed E-state index contributed by atoms with van der Waals surface area (Å²) >= 11 is 1.82. The first-order valence-electron chi connectivity index (χ1n) is 14.3. The molecule has 3 aromatic rings. The van der Waals surface area contributed by atoms with Gasteiger partial charge in [0.15, 0.2) is 9.84 Å². The largest absolute Gasteiger partial charge is 0.350 e. The lowest BCUT2D eigenvalue weighted by molar-refractivity contribution is -0.132.